The molecule has 0 spiro atoms. The lowest BCUT2D eigenvalue weighted by Crippen LogP contribution is -2.15. The number of fused-ring (bicyclic) bond motifs is 8. The molecular formula is C34H40N4O6. The minimum Gasteiger partial charge on any atom is -0.481 e. The molecule has 0 aliphatic carbocycles. The molecule has 0 radical (unpaired) electrons. The standard InChI is InChI=1S/C34H40N4O6/c1-7-19-15(3)23-12-25-17(5)21(9-10-29(39)40)32(37-25)22(11-30(41)42)33-31(34(43)44)18(6)26(38-33)14-28-20(8-2)16(4)24(36-28)13-27(19)35-23/h7,12-14,17,21,34-38,43-44H,1,8-11H2,2-6H3,(H,39,40)(H,41,42)/t17-,21-/m0/s1. The van der Waals surface area contributed by atoms with E-state index in [0.717, 1.165) is 56.5 Å². The molecule has 2 aliphatic heterocycles. The minimum absolute atomic E-state index is 0.110. The lowest BCUT2D eigenvalue weighted by Gasteiger charge is -2.19. The summed E-state index contributed by atoms with van der Waals surface area (Å²) in [5, 5.41) is 46.0. The highest BCUT2D eigenvalue weighted by Crippen LogP contribution is 2.43. The maximum atomic E-state index is 12.3. The van der Waals surface area contributed by atoms with Crippen LogP contribution in [0.15, 0.2) is 18.0 Å². The molecule has 3 aromatic rings. The Morgan fingerprint density at radius 2 is 1.61 bits per heavy atom. The quantitative estimate of drug-likeness (QED) is 0.182. The number of aliphatic hydroxyl groups is 2. The largest absolute Gasteiger partial charge is 0.481 e. The second-order valence-corrected chi connectivity index (χ2v) is 11.7. The first-order valence-electron chi connectivity index (χ1n) is 14.9. The molecule has 2 atom stereocenters. The third kappa shape index (κ3) is 5.35. The van der Waals surface area contributed by atoms with E-state index in [-0.39, 0.29) is 30.2 Å². The number of hydrogen-bond donors (Lipinski definition) is 8. The van der Waals surface area contributed by atoms with Crippen molar-refractivity contribution in [1.29, 1.82) is 0 Å². The molecule has 0 unspecified atom stereocenters. The number of carboxylic acids is 2. The van der Waals surface area contributed by atoms with Gasteiger partial charge in [0.05, 0.1) is 12.1 Å². The summed E-state index contributed by atoms with van der Waals surface area (Å²) >= 11 is 0. The second-order valence-electron chi connectivity index (χ2n) is 11.7. The van der Waals surface area contributed by atoms with Gasteiger partial charge in [0.2, 0.25) is 0 Å². The third-order valence-corrected chi connectivity index (χ3v) is 9.22. The van der Waals surface area contributed by atoms with Crippen molar-refractivity contribution in [2.45, 2.75) is 66.6 Å². The fraction of sp³-hybridized carbons (Fsp3) is 0.353. The fourth-order valence-electron chi connectivity index (χ4n) is 6.79. The lowest BCUT2D eigenvalue weighted by atomic mass is 9.85. The van der Waals surface area contributed by atoms with Crippen molar-refractivity contribution < 1.29 is 30.0 Å². The smallest absolute Gasteiger partial charge is 0.307 e. The predicted molar refractivity (Wildman–Crippen MR) is 169 cm³/mol. The zero-order chi connectivity index (χ0) is 32.0. The molecule has 1 fully saturated rings. The number of aromatic amines is 3. The number of aliphatic carboxylic acids is 2. The highest BCUT2D eigenvalue weighted by molar-refractivity contribution is 5.87. The summed E-state index contributed by atoms with van der Waals surface area (Å²) in [5.41, 5.74) is 9.23. The maximum Gasteiger partial charge on any atom is 0.307 e. The highest BCUT2D eigenvalue weighted by Gasteiger charge is 2.37. The van der Waals surface area contributed by atoms with Gasteiger partial charge in [-0.25, -0.2) is 0 Å². The number of rotatable bonds is 8. The Morgan fingerprint density at radius 1 is 0.932 bits per heavy atom. The SMILES string of the molecule is C=Cc1c2[nH]c(c1C)C=C1NC(=C(CC(=O)O)c3[nH]c(c(C)c3C(O)O)C=c3[nH]c(c(C)c3CC)=C2)[C@@H](CCC(=O)O)[C@@H]1C. The maximum absolute atomic E-state index is 12.3. The first-order valence-corrected chi connectivity index (χ1v) is 14.9. The van der Waals surface area contributed by atoms with Crippen LogP contribution in [0.3, 0.4) is 0 Å². The molecule has 0 amide bonds. The molecule has 5 heterocycles. The fourth-order valence-corrected chi connectivity index (χ4v) is 6.79. The van der Waals surface area contributed by atoms with Gasteiger partial charge in [-0.05, 0) is 74.1 Å². The molecule has 8 N–H and O–H groups in total. The summed E-state index contributed by atoms with van der Waals surface area (Å²) in [6.07, 6.45) is 6.40. The van der Waals surface area contributed by atoms with Gasteiger partial charge in [0.25, 0.3) is 0 Å². The van der Waals surface area contributed by atoms with Crippen LogP contribution < -0.4 is 16.0 Å². The van der Waals surface area contributed by atoms with E-state index in [1.807, 2.05) is 32.1 Å². The van der Waals surface area contributed by atoms with Crippen molar-refractivity contribution in [3.8, 4) is 0 Å². The van der Waals surface area contributed by atoms with Crippen LogP contribution in [0.4, 0.5) is 0 Å². The molecular weight excluding hydrogens is 560 g/mol. The summed E-state index contributed by atoms with van der Waals surface area (Å²) in [5.74, 6) is -2.59. The number of carboxylic acid groups (broad SMARTS) is 2. The summed E-state index contributed by atoms with van der Waals surface area (Å²) in [6, 6.07) is 0. The normalized spacial score (nSPS) is 17.7. The molecule has 10 heteroatoms. The molecule has 0 aromatic carbocycles. The molecule has 2 aliphatic rings. The number of aromatic nitrogens is 3. The van der Waals surface area contributed by atoms with Crippen molar-refractivity contribution in [3.63, 3.8) is 0 Å². The van der Waals surface area contributed by atoms with Crippen molar-refractivity contribution in [3.05, 3.63) is 84.8 Å². The molecule has 1 saturated heterocycles. The summed E-state index contributed by atoms with van der Waals surface area (Å²) < 4.78 is 0. The van der Waals surface area contributed by atoms with Crippen LogP contribution in [-0.4, -0.2) is 47.3 Å². The van der Waals surface area contributed by atoms with Crippen molar-refractivity contribution in [1.82, 2.24) is 20.3 Å². The second kappa shape index (κ2) is 11.9. The Bertz CT molecular complexity index is 1860. The van der Waals surface area contributed by atoms with Gasteiger partial charge in [0, 0.05) is 74.1 Å². The number of hydrogen-bond acceptors (Lipinski definition) is 5. The number of carbonyl (C=O) groups is 2. The van der Waals surface area contributed by atoms with Crippen LogP contribution in [0.2, 0.25) is 0 Å². The Labute approximate surface area is 255 Å². The summed E-state index contributed by atoms with van der Waals surface area (Å²) in [6.45, 7) is 14.0. The van der Waals surface area contributed by atoms with Crippen LogP contribution >= 0.6 is 0 Å². The Kier molecular flexibility index (Phi) is 8.33. The highest BCUT2D eigenvalue weighted by atomic mass is 16.5. The van der Waals surface area contributed by atoms with Crippen LogP contribution in [0.5, 0.6) is 0 Å². The summed E-state index contributed by atoms with van der Waals surface area (Å²) in [7, 11) is 0. The molecule has 44 heavy (non-hydrogen) atoms. The first-order chi connectivity index (χ1) is 20.9. The van der Waals surface area contributed by atoms with E-state index in [2.05, 4.69) is 46.8 Å². The van der Waals surface area contributed by atoms with Crippen LogP contribution in [-0.2, 0) is 16.0 Å². The topological polar surface area (TPSA) is 174 Å². The molecule has 0 saturated carbocycles. The zero-order valence-corrected chi connectivity index (χ0v) is 25.7. The Morgan fingerprint density at radius 3 is 2.23 bits per heavy atom. The van der Waals surface area contributed by atoms with E-state index in [4.69, 9.17) is 0 Å². The Balaban J connectivity index is 1.94. The number of nitrogens with one attached hydrogen (secondary N) is 4. The first kappa shape index (κ1) is 30.9. The van der Waals surface area contributed by atoms with E-state index in [9.17, 15) is 30.0 Å². The van der Waals surface area contributed by atoms with Crippen molar-refractivity contribution in [2.75, 3.05) is 0 Å². The molecule has 8 bridgehead atoms. The van der Waals surface area contributed by atoms with E-state index >= 15 is 0 Å². The molecule has 5 rings (SSSR count). The van der Waals surface area contributed by atoms with Gasteiger partial charge in [-0.1, -0.05) is 26.5 Å². The van der Waals surface area contributed by atoms with Crippen LogP contribution in [0.25, 0.3) is 29.9 Å². The Hall–Kier alpha value is -4.54. The zero-order valence-electron chi connectivity index (χ0n) is 25.7. The monoisotopic (exact) mass is 600 g/mol. The van der Waals surface area contributed by atoms with E-state index in [0.29, 0.717) is 28.2 Å². The van der Waals surface area contributed by atoms with E-state index in [1.54, 1.807) is 6.92 Å². The lowest BCUT2D eigenvalue weighted by molar-refractivity contribution is -0.137. The van der Waals surface area contributed by atoms with Gasteiger partial charge in [-0.15, -0.1) is 0 Å². The van der Waals surface area contributed by atoms with Gasteiger partial charge in [-0.2, -0.15) is 0 Å². The van der Waals surface area contributed by atoms with Crippen molar-refractivity contribution >= 4 is 41.8 Å². The van der Waals surface area contributed by atoms with Crippen LogP contribution in [0, 0.1) is 32.6 Å². The third-order valence-electron chi connectivity index (χ3n) is 9.22. The number of allylic oxidation sites excluding steroid dienone is 2. The van der Waals surface area contributed by atoms with Gasteiger partial charge < -0.3 is 40.7 Å². The van der Waals surface area contributed by atoms with E-state index < -0.39 is 24.6 Å². The van der Waals surface area contributed by atoms with Gasteiger partial charge >= 0.3 is 11.9 Å². The average Bonchev–Trinajstić information content (AvgIpc) is 3.63. The van der Waals surface area contributed by atoms with E-state index in [1.165, 1.54) is 0 Å². The molecule has 232 valence electrons. The summed E-state index contributed by atoms with van der Waals surface area (Å²) in [4.78, 5) is 34.4. The predicted octanol–water partition coefficient (Wildman–Crippen LogP) is 3.70. The van der Waals surface area contributed by atoms with Gasteiger partial charge in [0.1, 0.15) is 0 Å². The minimum atomic E-state index is -1.88. The van der Waals surface area contributed by atoms with Gasteiger partial charge in [0.15, 0.2) is 6.29 Å². The molecule has 10 nitrogen and oxygen atoms in total. The molecule has 3 aromatic heterocycles. The number of H-pyrrole nitrogens is 3. The van der Waals surface area contributed by atoms with Crippen LogP contribution in [0.1, 0.15) is 95.6 Å². The number of aliphatic hydroxyl groups excluding tert-OH is 1. The average molecular weight is 601 g/mol. The van der Waals surface area contributed by atoms with Gasteiger partial charge in [-0.3, -0.25) is 9.59 Å². The van der Waals surface area contributed by atoms with Crippen molar-refractivity contribution in [2.24, 2.45) is 11.8 Å².